The van der Waals surface area contributed by atoms with Gasteiger partial charge in [0.1, 0.15) is 18.0 Å². The predicted octanol–water partition coefficient (Wildman–Crippen LogP) is 4.59. The SMILES string of the molecule is CCOC(=O)c1cn(Cc2ccc3ncc(Cl)cc3c2)nc1C.COCC(=O)c1cn[nH]c1C.Cc1nc(N)ccc1CNC(=O)c1cn(Cc2ccc3ncc(Cl)cc3c2)nc1C.ClCc1ccc2ncc(Cl)cc2c1.O=CO[O-].[2H]CF.[H-].[K+].[K+]. The van der Waals surface area contributed by atoms with Crippen molar-refractivity contribution in [1.82, 2.24) is 55.0 Å². The minimum atomic E-state index is -1.00. The zero-order chi connectivity index (χ0) is 61.3. The van der Waals surface area contributed by atoms with Crippen molar-refractivity contribution in [2.75, 3.05) is 33.2 Å². The smallest absolute Gasteiger partial charge is 1.00 e. The Balaban J connectivity index is 0.000000400. The number of carbonyl (C=O) groups is 4. The van der Waals surface area contributed by atoms with Gasteiger partial charge < -0.3 is 32.1 Å². The van der Waals surface area contributed by atoms with Gasteiger partial charge in [0.15, 0.2) is 5.78 Å². The van der Waals surface area contributed by atoms with Crippen LogP contribution in [0.5, 0.6) is 0 Å². The summed E-state index contributed by atoms with van der Waals surface area (Å²) in [5, 5.41) is 31.5. The molecule has 0 aliphatic heterocycles. The molecule has 0 aliphatic carbocycles. The van der Waals surface area contributed by atoms with Crippen LogP contribution in [0.3, 0.4) is 0 Å². The molecule has 0 saturated heterocycles. The fourth-order valence-electron chi connectivity index (χ4n) is 7.85. The summed E-state index contributed by atoms with van der Waals surface area (Å²) in [6, 6.07) is 27.1. The molecule has 85 heavy (non-hydrogen) atoms. The van der Waals surface area contributed by atoms with Crippen molar-refractivity contribution in [1.29, 1.82) is 0 Å². The van der Waals surface area contributed by atoms with Gasteiger partial charge in [0, 0.05) is 78.1 Å². The standard InChI is InChI=1S/C22H21ClN6O.C17H16ClN3O2.C10H7Cl2N.C7H10N2O2.CH3F.CH2O3.2K.H/c1-13-16(4-6-21(24)27-13)9-26-22(30)19-12-29(28-14(19)2)11-15-3-5-20-17(7-15)8-18(23)10-25-20;1-3-23-17(22)15-10-21(20-11(15)2)9-12-4-5-16-13(6-12)7-14(18)8-19-16;11-5-7-1-2-10-8(3-7)4-9(12)6-13-10;1-5-6(3-8-9-5)7(10)4-11-2;1-2;2-1-4-3;;;/h3-8,10,12H,9,11H2,1-2H3,(H2,24,27)(H,26,30);4-8,10H,3,9H2,1-2H3;1-4,6H,5H2;3H,4H2,1-2H3,(H,8,9);1H3;1,3H;;;/q;;;;;;2*+1;-1/p-1/i;;;;1D;;;;. The van der Waals surface area contributed by atoms with Gasteiger partial charge in [-0.05, 0) is 118 Å². The second-order valence-electron chi connectivity index (χ2n) is 17.7. The fraction of sp³-hybridized carbons (Fsp3) is 0.224. The van der Waals surface area contributed by atoms with Crippen LogP contribution in [-0.2, 0) is 44.7 Å². The second-order valence-corrected chi connectivity index (χ2v) is 19.2. The number of aryl methyl sites for hydroxylation is 4. The molecule has 0 unspecified atom stereocenters. The van der Waals surface area contributed by atoms with Crippen molar-refractivity contribution in [3.05, 3.63) is 199 Å². The van der Waals surface area contributed by atoms with Gasteiger partial charge in [-0.3, -0.25) is 48.2 Å². The molecule has 0 bridgehead atoms. The number of nitrogen functional groups attached to an aromatic ring is 1. The van der Waals surface area contributed by atoms with Crippen LogP contribution < -0.4 is 119 Å². The summed E-state index contributed by atoms with van der Waals surface area (Å²) in [5.74, 6) is 0.419. The summed E-state index contributed by atoms with van der Waals surface area (Å²) in [4.78, 5) is 63.9. The van der Waals surface area contributed by atoms with E-state index in [9.17, 15) is 18.8 Å². The van der Waals surface area contributed by atoms with Gasteiger partial charge in [0.05, 0.1) is 88.6 Å². The van der Waals surface area contributed by atoms with Crippen molar-refractivity contribution in [2.45, 2.75) is 60.1 Å². The molecular weight excluding hydrogens is 1230 g/mol. The number of ketones is 1. The number of aromatic amines is 1. The maximum atomic E-state index is 12.7. The number of Topliss-reactive ketones (excluding diaryl/α,β-unsaturated/α-hetero) is 1. The number of hydrogen-bond acceptors (Lipinski definition) is 16. The van der Waals surface area contributed by atoms with Crippen LogP contribution >= 0.6 is 46.4 Å². The molecule has 7 aromatic heterocycles. The van der Waals surface area contributed by atoms with Gasteiger partial charge in [-0.25, -0.2) is 9.78 Å². The molecule has 27 heteroatoms. The number of carbonyl (C=O) groups excluding carboxylic acids is 4. The molecule has 0 fully saturated rings. The Morgan fingerprint density at radius 1 is 0.741 bits per heavy atom. The number of H-pyrrole nitrogens is 1. The van der Waals surface area contributed by atoms with Crippen LogP contribution in [0.15, 0.2) is 122 Å². The Kier molecular flexibility index (Phi) is 32.5. The molecule has 0 spiro atoms. The van der Waals surface area contributed by atoms with Crippen LogP contribution in [-0.4, -0.2) is 101 Å². The molecule has 0 atom stereocenters. The molecule has 436 valence electrons. The first-order valence-corrected chi connectivity index (χ1v) is 26.5. The number of anilines is 1. The first-order chi connectivity index (χ1) is 40.3. The maximum Gasteiger partial charge on any atom is 1.00 e. The minimum absolute atomic E-state index is 0. The van der Waals surface area contributed by atoms with E-state index in [-0.39, 0.29) is 135 Å². The number of fused-ring (bicyclic) bond motifs is 3. The number of nitrogens with one attached hydrogen (secondary N) is 2. The zero-order valence-corrected chi connectivity index (χ0v) is 57.1. The van der Waals surface area contributed by atoms with Crippen LogP contribution in [0.25, 0.3) is 32.7 Å². The number of aromatic nitrogens is 10. The third-order valence-electron chi connectivity index (χ3n) is 11.7. The molecule has 10 aromatic rings. The summed E-state index contributed by atoms with van der Waals surface area (Å²) in [5.41, 5.74) is 17.1. The fourth-order valence-corrected chi connectivity index (χ4v) is 8.52. The number of rotatable bonds is 14. The van der Waals surface area contributed by atoms with Crippen molar-refractivity contribution in [3.63, 3.8) is 0 Å². The Labute approximate surface area is 597 Å². The number of ether oxygens (including phenoxy) is 2. The largest absolute Gasteiger partial charge is 1.00 e. The molecule has 1 amide bonds. The van der Waals surface area contributed by atoms with E-state index in [1.807, 2.05) is 92.7 Å². The summed E-state index contributed by atoms with van der Waals surface area (Å²) >= 11 is 23.6. The van der Waals surface area contributed by atoms with Crippen LogP contribution in [0.4, 0.5) is 10.2 Å². The Morgan fingerprint density at radius 2 is 1.21 bits per heavy atom. The van der Waals surface area contributed by atoms with Crippen molar-refractivity contribution in [2.24, 2.45) is 0 Å². The number of alkyl halides is 2. The average molecular weight is 1290 g/mol. The van der Waals surface area contributed by atoms with E-state index >= 15 is 0 Å². The van der Waals surface area contributed by atoms with Crippen molar-refractivity contribution >= 4 is 109 Å². The van der Waals surface area contributed by atoms with Crippen LogP contribution in [0.1, 0.15) is 85.8 Å². The van der Waals surface area contributed by atoms with Crippen LogP contribution in [0.2, 0.25) is 15.1 Å². The Hall–Kier alpha value is -5.17. The normalized spacial score (nSPS) is 10.2. The molecular formula is C58H59Cl4FK2N12O8. The maximum absolute atomic E-state index is 12.7. The molecule has 7 heterocycles. The van der Waals surface area contributed by atoms with E-state index < -0.39 is 7.15 Å². The van der Waals surface area contributed by atoms with E-state index in [1.165, 1.54) is 13.3 Å². The second kappa shape index (κ2) is 38.2. The molecule has 0 saturated carbocycles. The number of methoxy groups -OCH3 is 1. The van der Waals surface area contributed by atoms with Gasteiger partial charge in [-0.15, -0.1) is 11.6 Å². The Morgan fingerprint density at radius 3 is 1.65 bits per heavy atom. The van der Waals surface area contributed by atoms with E-state index in [0.717, 1.165) is 66.4 Å². The van der Waals surface area contributed by atoms with Crippen LogP contribution in [0, 0.1) is 27.7 Å². The van der Waals surface area contributed by atoms with E-state index in [2.05, 4.69) is 50.5 Å². The quantitative estimate of drug-likeness (QED) is 0.0255. The first kappa shape index (κ1) is 72.3. The summed E-state index contributed by atoms with van der Waals surface area (Å²) in [7, 11) is 0.493. The number of benzene rings is 3. The number of pyridine rings is 4. The van der Waals surface area contributed by atoms with E-state index in [4.69, 9.17) is 73.0 Å². The van der Waals surface area contributed by atoms with Gasteiger partial charge >= 0.3 is 109 Å². The molecule has 10 rings (SSSR count). The number of halogens is 5. The Bertz CT molecular complexity index is 3850. The summed E-state index contributed by atoms with van der Waals surface area (Å²) < 4.78 is 28.7. The molecule has 0 radical (unpaired) electrons. The molecule has 20 nitrogen and oxygen atoms in total. The zero-order valence-electron chi connectivity index (χ0n) is 49.8. The monoisotopic (exact) mass is 1290 g/mol. The van der Waals surface area contributed by atoms with Crippen molar-refractivity contribution < 1.29 is 149 Å². The number of amides is 1. The third-order valence-corrected chi connectivity index (χ3v) is 12.6. The van der Waals surface area contributed by atoms with Crippen molar-refractivity contribution in [3.8, 4) is 0 Å². The van der Waals surface area contributed by atoms with Gasteiger partial charge in [0.25, 0.3) is 12.4 Å². The van der Waals surface area contributed by atoms with E-state index in [0.29, 0.717) is 81.1 Å². The van der Waals surface area contributed by atoms with E-state index in [1.54, 1.807) is 67.2 Å². The number of hydrogen-bond donors (Lipinski definition) is 3. The van der Waals surface area contributed by atoms with Gasteiger partial charge in [-0.2, -0.15) is 15.3 Å². The molecule has 3 aromatic carbocycles. The number of esters is 1. The van der Waals surface area contributed by atoms with Gasteiger partial charge in [0.2, 0.25) is 0 Å². The summed E-state index contributed by atoms with van der Waals surface area (Å²) in [6.07, 6.45) is 9.90. The van der Waals surface area contributed by atoms with Gasteiger partial charge in [-0.1, -0.05) is 59.1 Å². The minimum Gasteiger partial charge on any atom is -1.00 e. The number of nitrogens with zero attached hydrogens (tertiary/aromatic N) is 9. The number of nitrogens with two attached hydrogens (primary N) is 1. The average Bonchev–Trinajstić information content (AvgIpc) is 2.85. The topological polar surface area (TPSA) is 273 Å². The third kappa shape index (κ3) is 23.1. The summed E-state index contributed by atoms with van der Waals surface area (Å²) in [6.45, 7) is 10.8. The first-order valence-electron chi connectivity index (χ1n) is 25.6. The molecule has 0 aliphatic rings. The predicted molar refractivity (Wildman–Crippen MR) is 317 cm³/mol. The molecule has 4 N–H and O–H groups in total.